The van der Waals surface area contributed by atoms with Crippen LogP contribution in [0.3, 0.4) is 0 Å². The fourth-order valence-corrected chi connectivity index (χ4v) is 1.65. The van der Waals surface area contributed by atoms with Crippen LogP contribution in [0.25, 0.3) is 0 Å². The monoisotopic (exact) mass is 384 g/mol. The maximum atomic E-state index is 9.70. The number of rotatable bonds is 22. The molecule has 0 saturated carbocycles. The highest BCUT2D eigenvalue weighted by molar-refractivity contribution is 4.51. The second-order valence-corrected chi connectivity index (χ2v) is 5.24. The van der Waals surface area contributed by atoms with Crippen molar-refractivity contribution in [3.8, 4) is 0 Å². The minimum Gasteiger partial charge on any atom is -0.388 e. The van der Waals surface area contributed by atoms with Crippen LogP contribution < -0.4 is 0 Å². The predicted molar refractivity (Wildman–Crippen MR) is 94.7 cm³/mol. The van der Waals surface area contributed by atoms with Crippen LogP contribution in [0, 0.1) is 0 Å². The Balaban J connectivity index is 3.12. The SMILES string of the molecule is COCCOCCOCCOCC(O)COCCOCCOCCOC. The van der Waals surface area contributed by atoms with Crippen LogP contribution in [-0.2, 0) is 37.9 Å². The first-order chi connectivity index (χ1) is 12.8. The topological polar surface area (TPSA) is 94.1 Å². The van der Waals surface area contributed by atoms with Gasteiger partial charge in [0, 0.05) is 14.2 Å². The van der Waals surface area contributed by atoms with Crippen molar-refractivity contribution in [3.05, 3.63) is 0 Å². The van der Waals surface area contributed by atoms with E-state index in [1.807, 2.05) is 0 Å². The largest absolute Gasteiger partial charge is 0.388 e. The lowest BCUT2D eigenvalue weighted by Gasteiger charge is -2.12. The van der Waals surface area contributed by atoms with Crippen molar-refractivity contribution in [2.75, 3.05) is 107 Å². The van der Waals surface area contributed by atoms with Crippen LogP contribution in [-0.4, -0.2) is 118 Å². The summed E-state index contributed by atoms with van der Waals surface area (Å²) in [6.07, 6.45) is -0.662. The van der Waals surface area contributed by atoms with E-state index in [1.165, 1.54) is 0 Å². The lowest BCUT2D eigenvalue weighted by Crippen LogP contribution is -2.24. The molecule has 0 radical (unpaired) electrons. The molecule has 0 heterocycles. The van der Waals surface area contributed by atoms with Gasteiger partial charge in [0.2, 0.25) is 0 Å². The van der Waals surface area contributed by atoms with Gasteiger partial charge in [0.25, 0.3) is 0 Å². The minimum atomic E-state index is -0.662. The third-order valence-electron chi connectivity index (χ3n) is 2.97. The number of hydrogen-bond donors (Lipinski definition) is 1. The Morgan fingerprint density at radius 3 is 1.04 bits per heavy atom. The number of methoxy groups -OCH3 is 2. The van der Waals surface area contributed by atoms with Gasteiger partial charge in [-0.2, -0.15) is 0 Å². The summed E-state index contributed by atoms with van der Waals surface area (Å²) in [6, 6.07) is 0. The molecule has 0 aliphatic heterocycles. The zero-order chi connectivity index (χ0) is 19.1. The fraction of sp³-hybridized carbons (Fsp3) is 1.00. The molecule has 9 nitrogen and oxygen atoms in total. The van der Waals surface area contributed by atoms with Gasteiger partial charge < -0.3 is 43.0 Å². The maximum Gasteiger partial charge on any atom is 0.101 e. The highest BCUT2D eigenvalue weighted by Gasteiger charge is 2.04. The third-order valence-corrected chi connectivity index (χ3v) is 2.97. The maximum absolute atomic E-state index is 9.70. The average Bonchev–Trinajstić information content (AvgIpc) is 2.64. The summed E-state index contributed by atoms with van der Waals surface area (Å²) in [5.41, 5.74) is 0. The normalized spacial score (nSPS) is 11.5. The first-order valence-corrected chi connectivity index (χ1v) is 8.93. The molecule has 1 N–H and O–H groups in total. The van der Waals surface area contributed by atoms with Crippen molar-refractivity contribution >= 4 is 0 Å². The molecule has 0 amide bonds. The van der Waals surface area contributed by atoms with Crippen LogP contribution in [0.4, 0.5) is 0 Å². The Labute approximate surface area is 156 Å². The molecular formula is C17H36O9. The van der Waals surface area contributed by atoms with Gasteiger partial charge in [-0.1, -0.05) is 0 Å². The minimum absolute atomic E-state index is 0.210. The lowest BCUT2D eigenvalue weighted by atomic mass is 10.4. The molecule has 0 aromatic carbocycles. The first-order valence-electron chi connectivity index (χ1n) is 8.93. The summed E-state index contributed by atoms with van der Waals surface area (Å²) in [5, 5.41) is 9.70. The second kappa shape index (κ2) is 22.7. The van der Waals surface area contributed by atoms with Crippen molar-refractivity contribution < 1.29 is 43.0 Å². The van der Waals surface area contributed by atoms with Gasteiger partial charge in [-0.25, -0.2) is 0 Å². The molecule has 0 spiro atoms. The standard InChI is InChI=1S/C17H36O9/c1-19-3-5-21-7-9-23-11-13-25-15-17(18)16-26-14-12-24-10-8-22-6-4-20-2/h17-18H,3-16H2,1-2H3. The van der Waals surface area contributed by atoms with E-state index in [-0.39, 0.29) is 13.2 Å². The van der Waals surface area contributed by atoms with E-state index in [0.29, 0.717) is 79.3 Å². The average molecular weight is 384 g/mol. The van der Waals surface area contributed by atoms with Crippen LogP contribution in [0.2, 0.25) is 0 Å². The highest BCUT2D eigenvalue weighted by Crippen LogP contribution is 1.90. The quantitative estimate of drug-likeness (QED) is 0.253. The van der Waals surface area contributed by atoms with Crippen molar-refractivity contribution in [3.63, 3.8) is 0 Å². The zero-order valence-corrected chi connectivity index (χ0v) is 16.2. The van der Waals surface area contributed by atoms with Crippen molar-refractivity contribution in [1.29, 1.82) is 0 Å². The summed E-state index contributed by atoms with van der Waals surface area (Å²) in [4.78, 5) is 0. The first kappa shape index (κ1) is 25.6. The fourth-order valence-electron chi connectivity index (χ4n) is 1.65. The van der Waals surface area contributed by atoms with E-state index in [2.05, 4.69) is 0 Å². The van der Waals surface area contributed by atoms with Crippen LogP contribution in [0.1, 0.15) is 0 Å². The van der Waals surface area contributed by atoms with E-state index in [0.717, 1.165) is 0 Å². The highest BCUT2D eigenvalue weighted by atomic mass is 16.6. The predicted octanol–water partition coefficient (Wildman–Crippen LogP) is -0.260. The molecule has 0 atom stereocenters. The molecule has 26 heavy (non-hydrogen) atoms. The van der Waals surface area contributed by atoms with Gasteiger partial charge in [-0.15, -0.1) is 0 Å². The molecule has 0 fully saturated rings. The second-order valence-electron chi connectivity index (χ2n) is 5.24. The molecular weight excluding hydrogens is 348 g/mol. The van der Waals surface area contributed by atoms with Crippen LogP contribution >= 0.6 is 0 Å². The molecule has 0 aromatic heterocycles. The van der Waals surface area contributed by atoms with Crippen molar-refractivity contribution in [2.24, 2.45) is 0 Å². The zero-order valence-electron chi connectivity index (χ0n) is 16.2. The molecule has 0 bridgehead atoms. The smallest absolute Gasteiger partial charge is 0.101 e. The summed E-state index contributed by atoms with van der Waals surface area (Å²) in [6.45, 7) is 6.55. The van der Waals surface area contributed by atoms with E-state index in [4.69, 9.17) is 37.9 Å². The van der Waals surface area contributed by atoms with Gasteiger partial charge in [-0.3, -0.25) is 0 Å². The van der Waals surface area contributed by atoms with E-state index in [1.54, 1.807) is 14.2 Å². The third kappa shape index (κ3) is 21.7. The molecule has 0 unspecified atom stereocenters. The summed E-state index contributed by atoms with van der Waals surface area (Å²) in [7, 11) is 3.26. The number of aliphatic hydroxyl groups is 1. The number of ether oxygens (including phenoxy) is 8. The Morgan fingerprint density at radius 2 is 0.731 bits per heavy atom. The summed E-state index contributed by atoms with van der Waals surface area (Å²) < 4.78 is 41.5. The Morgan fingerprint density at radius 1 is 0.462 bits per heavy atom. The van der Waals surface area contributed by atoms with Gasteiger partial charge >= 0.3 is 0 Å². The molecule has 158 valence electrons. The van der Waals surface area contributed by atoms with E-state index >= 15 is 0 Å². The molecule has 0 saturated heterocycles. The Bertz CT molecular complexity index is 232. The number of aliphatic hydroxyl groups excluding tert-OH is 1. The van der Waals surface area contributed by atoms with Gasteiger partial charge in [0.05, 0.1) is 92.5 Å². The van der Waals surface area contributed by atoms with Crippen molar-refractivity contribution in [1.82, 2.24) is 0 Å². The molecule has 0 aliphatic rings. The molecule has 0 aromatic rings. The van der Waals surface area contributed by atoms with Gasteiger partial charge in [0.1, 0.15) is 6.10 Å². The van der Waals surface area contributed by atoms with E-state index in [9.17, 15) is 5.11 Å². The van der Waals surface area contributed by atoms with E-state index < -0.39 is 6.10 Å². The van der Waals surface area contributed by atoms with Crippen LogP contribution in [0.15, 0.2) is 0 Å². The Kier molecular flexibility index (Phi) is 22.4. The van der Waals surface area contributed by atoms with Gasteiger partial charge in [0.15, 0.2) is 0 Å². The Hall–Kier alpha value is -0.360. The van der Waals surface area contributed by atoms with Crippen LogP contribution in [0.5, 0.6) is 0 Å². The van der Waals surface area contributed by atoms with Gasteiger partial charge in [-0.05, 0) is 0 Å². The molecule has 9 heteroatoms. The number of hydrogen-bond acceptors (Lipinski definition) is 9. The molecule has 0 rings (SSSR count). The summed E-state index contributed by atoms with van der Waals surface area (Å²) in [5.74, 6) is 0. The molecule has 0 aliphatic carbocycles. The summed E-state index contributed by atoms with van der Waals surface area (Å²) >= 11 is 0. The van der Waals surface area contributed by atoms with Crippen molar-refractivity contribution in [2.45, 2.75) is 6.10 Å². The lowest BCUT2D eigenvalue weighted by molar-refractivity contribution is -0.0482.